The summed E-state index contributed by atoms with van der Waals surface area (Å²) in [5.41, 5.74) is 6.99. The van der Waals surface area contributed by atoms with Crippen LogP contribution < -0.4 is 5.73 Å². The summed E-state index contributed by atoms with van der Waals surface area (Å²) in [4.78, 5) is 0. The number of rotatable bonds is 4. The van der Waals surface area contributed by atoms with Gasteiger partial charge in [-0.3, -0.25) is 4.68 Å². The predicted molar refractivity (Wildman–Crippen MR) is 66.2 cm³/mol. The molecule has 0 spiro atoms. The minimum atomic E-state index is 0.753. The molecule has 1 heterocycles. The Morgan fingerprint density at radius 1 is 1.38 bits per heavy atom. The molecule has 0 aromatic carbocycles. The molecular formula is C13H23N3. The van der Waals surface area contributed by atoms with Gasteiger partial charge in [0.05, 0.1) is 6.20 Å². The van der Waals surface area contributed by atoms with Crippen LogP contribution >= 0.6 is 0 Å². The van der Waals surface area contributed by atoms with Gasteiger partial charge in [0.1, 0.15) is 0 Å². The van der Waals surface area contributed by atoms with Crippen LogP contribution in [0.5, 0.6) is 0 Å². The van der Waals surface area contributed by atoms with E-state index in [1.54, 1.807) is 0 Å². The predicted octanol–water partition coefficient (Wildman–Crippen LogP) is 2.43. The van der Waals surface area contributed by atoms with E-state index >= 15 is 0 Å². The Kier molecular flexibility index (Phi) is 3.99. The van der Waals surface area contributed by atoms with Gasteiger partial charge < -0.3 is 5.73 Å². The second-order valence-corrected chi connectivity index (χ2v) is 5.10. The van der Waals surface area contributed by atoms with Gasteiger partial charge in [-0.15, -0.1) is 0 Å². The fourth-order valence-corrected chi connectivity index (χ4v) is 2.84. The van der Waals surface area contributed by atoms with Gasteiger partial charge in [-0.1, -0.05) is 0 Å². The van der Waals surface area contributed by atoms with Crippen LogP contribution in [0.4, 0.5) is 0 Å². The maximum absolute atomic E-state index is 5.56. The molecule has 0 unspecified atom stereocenters. The molecule has 0 saturated heterocycles. The largest absolute Gasteiger partial charge is 0.330 e. The van der Waals surface area contributed by atoms with Gasteiger partial charge in [-0.25, -0.2) is 0 Å². The topological polar surface area (TPSA) is 43.8 Å². The van der Waals surface area contributed by atoms with Crippen LogP contribution in [0.15, 0.2) is 12.4 Å². The Bertz CT molecular complexity index is 311. The first-order valence-corrected chi connectivity index (χ1v) is 6.48. The fourth-order valence-electron chi connectivity index (χ4n) is 2.84. The van der Waals surface area contributed by atoms with Gasteiger partial charge in [0.25, 0.3) is 0 Å². The average molecular weight is 221 g/mol. The molecule has 0 amide bonds. The number of nitrogens with two attached hydrogens (primary N) is 1. The van der Waals surface area contributed by atoms with Crippen molar-refractivity contribution < 1.29 is 0 Å². The lowest BCUT2D eigenvalue weighted by Gasteiger charge is -2.27. The zero-order valence-corrected chi connectivity index (χ0v) is 10.2. The van der Waals surface area contributed by atoms with Crippen molar-refractivity contribution in [1.29, 1.82) is 0 Å². The lowest BCUT2D eigenvalue weighted by Crippen LogP contribution is -2.14. The van der Waals surface area contributed by atoms with E-state index in [2.05, 4.69) is 11.3 Å². The summed E-state index contributed by atoms with van der Waals surface area (Å²) in [5, 5.41) is 4.26. The lowest BCUT2D eigenvalue weighted by molar-refractivity contribution is 0.306. The Balaban J connectivity index is 1.81. The molecule has 3 heteroatoms. The number of nitrogens with zero attached hydrogens (tertiary/aromatic N) is 2. The molecule has 0 aliphatic heterocycles. The molecule has 2 N–H and O–H groups in total. The molecule has 16 heavy (non-hydrogen) atoms. The minimum absolute atomic E-state index is 0.753. The smallest absolute Gasteiger partial charge is 0.0524 e. The van der Waals surface area contributed by atoms with Gasteiger partial charge in [-0.05, 0) is 62.5 Å². The van der Waals surface area contributed by atoms with Crippen molar-refractivity contribution in [3.63, 3.8) is 0 Å². The molecule has 1 fully saturated rings. The van der Waals surface area contributed by atoms with Gasteiger partial charge in [0.15, 0.2) is 0 Å². The van der Waals surface area contributed by atoms with Crippen LogP contribution in [-0.2, 0) is 7.05 Å². The van der Waals surface area contributed by atoms with E-state index in [9.17, 15) is 0 Å². The number of aromatic nitrogens is 2. The van der Waals surface area contributed by atoms with Crippen molar-refractivity contribution in [3.05, 3.63) is 18.0 Å². The van der Waals surface area contributed by atoms with E-state index < -0.39 is 0 Å². The molecule has 0 bridgehead atoms. The second-order valence-electron chi connectivity index (χ2n) is 5.10. The highest BCUT2D eigenvalue weighted by Crippen LogP contribution is 2.37. The van der Waals surface area contributed by atoms with Crippen molar-refractivity contribution in [3.8, 4) is 0 Å². The fraction of sp³-hybridized carbons (Fsp3) is 0.769. The zero-order valence-electron chi connectivity index (χ0n) is 10.2. The normalized spacial score (nSPS) is 25.9. The van der Waals surface area contributed by atoms with E-state index in [0.717, 1.165) is 18.4 Å². The van der Waals surface area contributed by atoms with E-state index in [1.807, 2.05) is 17.9 Å². The molecule has 1 aromatic heterocycles. The monoisotopic (exact) mass is 221 g/mol. The first kappa shape index (κ1) is 11.6. The number of hydrogen-bond donors (Lipinski definition) is 1. The third-order valence-electron chi connectivity index (χ3n) is 3.86. The van der Waals surface area contributed by atoms with E-state index in [-0.39, 0.29) is 0 Å². The Morgan fingerprint density at radius 2 is 2.12 bits per heavy atom. The van der Waals surface area contributed by atoms with Crippen molar-refractivity contribution in [2.45, 2.75) is 44.4 Å². The highest BCUT2D eigenvalue weighted by atomic mass is 15.2. The average Bonchev–Trinajstić information content (AvgIpc) is 2.74. The van der Waals surface area contributed by atoms with Crippen LogP contribution in [0.25, 0.3) is 0 Å². The van der Waals surface area contributed by atoms with Gasteiger partial charge in [0.2, 0.25) is 0 Å². The summed E-state index contributed by atoms with van der Waals surface area (Å²) in [6.07, 6.45) is 12.1. The lowest BCUT2D eigenvalue weighted by atomic mass is 9.78. The van der Waals surface area contributed by atoms with E-state index in [0.29, 0.717) is 0 Å². The van der Waals surface area contributed by atoms with Gasteiger partial charge >= 0.3 is 0 Å². The SMILES string of the molecule is Cn1cc(C2CCC(CCCN)CC2)cn1. The maximum atomic E-state index is 5.56. The summed E-state index contributed by atoms with van der Waals surface area (Å²) in [6, 6.07) is 0. The third-order valence-corrected chi connectivity index (χ3v) is 3.86. The van der Waals surface area contributed by atoms with Gasteiger partial charge in [0, 0.05) is 13.2 Å². The molecule has 1 aliphatic carbocycles. The third kappa shape index (κ3) is 2.85. The highest BCUT2D eigenvalue weighted by Gasteiger charge is 2.22. The summed E-state index contributed by atoms with van der Waals surface area (Å²) in [6.45, 7) is 0.850. The van der Waals surface area contributed by atoms with Crippen molar-refractivity contribution in [2.24, 2.45) is 18.7 Å². The summed E-state index contributed by atoms with van der Waals surface area (Å²) < 4.78 is 1.91. The molecular weight excluding hydrogens is 198 g/mol. The summed E-state index contributed by atoms with van der Waals surface area (Å²) in [7, 11) is 2.00. The minimum Gasteiger partial charge on any atom is -0.330 e. The Morgan fingerprint density at radius 3 is 2.69 bits per heavy atom. The zero-order chi connectivity index (χ0) is 11.4. The first-order chi connectivity index (χ1) is 7.79. The standard InChI is InChI=1S/C13H23N3/c1-16-10-13(9-15-16)12-6-4-11(5-7-12)3-2-8-14/h9-12H,2-8,14H2,1H3. The van der Waals surface area contributed by atoms with Crippen LogP contribution in [0.3, 0.4) is 0 Å². The molecule has 2 rings (SSSR count). The number of aryl methyl sites for hydroxylation is 1. The molecule has 0 atom stereocenters. The van der Waals surface area contributed by atoms with Crippen molar-refractivity contribution in [1.82, 2.24) is 9.78 Å². The summed E-state index contributed by atoms with van der Waals surface area (Å²) in [5.74, 6) is 1.68. The van der Waals surface area contributed by atoms with Crippen LogP contribution in [0.2, 0.25) is 0 Å². The molecule has 90 valence electrons. The molecule has 1 saturated carbocycles. The van der Waals surface area contributed by atoms with Crippen molar-refractivity contribution in [2.75, 3.05) is 6.54 Å². The Hall–Kier alpha value is -0.830. The first-order valence-electron chi connectivity index (χ1n) is 6.48. The summed E-state index contributed by atoms with van der Waals surface area (Å²) >= 11 is 0. The number of hydrogen-bond acceptors (Lipinski definition) is 2. The Labute approximate surface area is 98.0 Å². The highest BCUT2D eigenvalue weighted by molar-refractivity contribution is 5.11. The second kappa shape index (κ2) is 5.48. The van der Waals surface area contributed by atoms with Crippen molar-refractivity contribution >= 4 is 0 Å². The maximum Gasteiger partial charge on any atom is 0.0524 e. The van der Waals surface area contributed by atoms with Crippen LogP contribution in [-0.4, -0.2) is 16.3 Å². The van der Waals surface area contributed by atoms with E-state index in [1.165, 1.54) is 44.1 Å². The molecule has 0 radical (unpaired) electrons. The molecule has 3 nitrogen and oxygen atoms in total. The van der Waals surface area contributed by atoms with Gasteiger partial charge in [-0.2, -0.15) is 5.10 Å². The quantitative estimate of drug-likeness (QED) is 0.848. The van der Waals surface area contributed by atoms with E-state index in [4.69, 9.17) is 5.73 Å². The van der Waals surface area contributed by atoms with Crippen LogP contribution in [0, 0.1) is 5.92 Å². The van der Waals surface area contributed by atoms with Crippen LogP contribution in [0.1, 0.15) is 50.0 Å². The molecule has 1 aromatic rings. The molecule has 1 aliphatic rings.